The molecular formula is C13H12N2O3. The van der Waals surface area contributed by atoms with Gasteiger partial charge in [0.15, 0.2) is 0 Å². The monoisotopic (exact) mass is 244 g/mol. The zero-order valence-electron chi connectivity index (χ0n) is 10.4. The summed E-state index contributed by atoms with van der Waals surface area (Å²) in [7, 11) is 0. The number of rotatable bonds is 2. The molecule has 1 heterocycles. The highest BCUT2D eigenvalue weighted by Crippen LogP contribution is 2.39. The SMILES string of the molecule is Cc1c(N=C=O)cccc1N1C(=O)C(C)(C)C1=O. The summed E-state index contributed by atoms with van der Waals surface area (Å²) in [6.07, 6.45) is 1.45. The van der Waals surface area contributed by atoms with Crippen LogP contribution in [0.5, 0.6) is 0 Å². The maximum atomic E-state index is 11.9. The van der Waals surface area contributed by atoms with Gasteiger partial charge in [-0.2, -0.15) is 4.99 Å². The highest BCUT2D eigenvalue weighted by Gasteiger charge is 2.55. The Kier molecular flexibility index (Phi) is 2.64. The zero-order valence-corrected chi connectivity index (χ0v) is 10.4. The van der Waals surface area contributed by atoms with Gasteiger partial charge in [-0.15, -0.1) is 0 Å². The van der Waals surface area contributed by atoms with E-state index in [-0.39, 0.29) is 11.8 Å². The molecule has 1 fully saturated rings. The highest BCUT2D eigenvalue weighted by molar-refractivity contribution is 6.36. The first-order chi connectivity index (χ1) is 8.41. The smallest absolute Gasteiger partial charge is 0.248 e. The fraction of sp³-hybridized carbons (Fsp3) is 0.308. The molecular weight excluding hydrogens is 232 g/mol. The second-order valence-electron chi connectivity index (χ2n) is 4.70. The van der Waals surface area contributed by atoms with Gasteiger partial charge in [0.05, 0.1) is 11.4 Å². The number of benzene rings is 1. The first-order valence-corrected chi connectivity index (χ1v) is 5.47. The van der Waals surface area contributed by atoms with Crippen molar-refractivity contribution in [3.8, 4) is 0 Å². The van der Waals surface area contributed by atoms with Crippen LogP contribution in [0.1, 0.15) is 19.4 Å². The van der Waals surface area contributed by atoms with Gasteiger partial charge in [0, 0.05) is 0 Å². The molecule has 0 spiro atoms. The molecule has 0 N–H and O–H groups in total. The third-order valence-electron chi connectivity index (χ3n) is 3.16. The molecule has 0 aromatic heterocycles. The van der Waals surface area contributed by atoms with E-state index in [2.05, 4.69) is 4.99 Å². The lowest BCUT2D eigenvalue weighted by Gasteiger charge is -2.42. The molecule has 0 atom stereocenters. The van der Waals surface area contributed by atoms with Crippen LogP contribution >= 0.6 is 0 Å². The number of carbonyl (C=O) groups excluding carboxylic acids is 3. The summed E-state index contributed by atoms with van der Waals surface area (Å²) in [4.78, 5) is 38.8. The van der Waals surface area contributed by atoms with Crippen molar-refractivity contribution in [3.63, 3.8) is 0 Å². The average molecular weight is 244 g/mol. The molecule has 0 aliphatic carbocycles. The highest BCUT2D eigenvalue weighted by atomic mass is 16.2. The Bertz CT molecular complexity index is 580. The van der Waals surface area contributed by atoms with E-state index >= 15 is 0 Å². The summed E-state index contributed by atoms with van der Waals surface area (Å²) in [6, 6.07) is 4.93. The predicted molar refractivity (Wildman–Crippen MR) is 65.2 cm³/mol. The fourth-order valence-electron chi connectivity index (χ4n) is 1.93. The Morgan fingerprint density at radius 2 is 1.83 bits per heavy atom. The molecule has 2 rings (SSSR count). The third kappa shape index (κ3) is 1.49. The number of imide groups is 1. The first-order valence-electron chi connectivity index (χ1n) is 5.47. The van der Waals surface area contributed by atoms with Crippen LogP contribution in [0.25, 0.3) is 0 Å². The standard InChI is InChI=1S/C13H12N2O3/c1-8-9(14-7-16)5-4-6-10(8)15-11(17)13(2,3)12(15)18/h4-6H,1-3H3. The fourth-order valence-corrected chi connectivity index (χ4v) is 1.93. The van der Waals surface area contributed by atoms with Gasteiger partial charge in [-0.1, -0.05) is 6.07 Å². The number of β-lactam (4-membered cyclic amide) rings is 2. The van der Waals surface area contributed by atoms with Crippen LogP contribution in [-0.4, -0.2) is 17.9 Å². The zero-order chi connectivity index (χ0) is 13.5. The molecule has 1 saturated heterocycles. The molecule has 1 aliphatic rings. The predicted octanol–water partition coefficient (Wildman–Crippen LogP) is 1.86. The van der Waals surface area contributed by atoms with Crippen LogP contribution in [0.3, 0.4) is 0 Å². The van der Waals surface area contributed by atoms with E-state index in [0.29, 0.717) is 16.9 Å². The van der Waals surface area contributed by atoms with E-state index in [4.69, 9.17) is 0 Å². The number of anilines is 1. The topological polar surface area (TPSA) is 66.8 Å². The number of nitrogens with zero attached hydrogens (tertiary/aromatic N) is 2. The van der Waals surface area contributed by atoms with Crippen molar-refractivity contribution >= 4 is 29.3 Å². The molecule has 18 heavy (non-hydrogen) atoms. The molecule has 0 unspecified atom stereocenters. The van der Waals surface area contributed by atoms with Crippen LogP contribution in [0.4, 0.5) is 11.4 Å². The molecule has 0 bridgehead atoms. The Labute approximate surface area is 104 Å². The van der Waals surface area contributed by atoms with Crippen molar-refractivity contribution in [1.29, 1.82) is 0 Å². The van der Waals surface area contributed by atoms with Gasteiger partial charge in [0.25, 0.3) is 0 Å². The van der Waals surface area contributed by atoms with Crippen LogP contribution < -0.4 is 4.90 Å². The molecule has 1 aromatic carbocycles. The largest absolute Gasteiger partial charge is 0.273 e. The van der Waals surface area contributed by atoms with Crippen molar-refractivity contribution in [2.75, 3.05) is 4.90 Å². The van der Waals surface area contributed by atoms with E-state index in [0.717, 1.165) is 4.90 Å². The number of hydrogen-bond acceptors (Lipinski definition) is 4. The van der Waals surface area contributed by atoms with Crippen molar-refractivity contribution in [3.05, 3.63) is 23.8 Å². The molecule has 0 radical (unpaired) electrons. The number of hydrogen-bond donors (Lipinski definition) is 0. The van der Waals surface area contributed by atoms with Gasteiger partial charge < -0.3 is 0 Å². The first kappa shape index (κ1) is 12.2. The minimum atomic E-state index is -0.962. The van der Waals surface area contributed by atoms with E-state index in [1.165, 1.54) is 6.08 Å². The Balaban J connectivity index is 2.49. The molecule has 92 valence electrons. The molecule has 5 heteroatoms. The van der Waals surface area contributed by atoms with Gasteiger partial charge >= 0.3 is 0 Å². The van der Waals surface area contributed by atoms with Crippen molar-refractivity contribution < 1.29 is 14.4 Å². The third-order valence-corrected chi connectivity index (χ3v) is 3.16. The van der Waals surface area contributed by atoms with Gasteiger partial charge in [0.1, 0.15) is 5.41 Å². The van der Waals surface area contributed by atoms with Crippen LogP contribution in [0, 0.1) is 12.3 Å². The lowest BCUT2D eigenvalue weighted by molar-refractivity contribution is -0.149. The summed E-state index contributed by atoms with van der Waals surface area (Å²) in [5.74, 6) is -0.495. The number of aliphatic imine (C=N–C) groups is 1. The van der Waals surface area contributed by atoms with Gasteiger partial charge in [-0.25, -0.2) is 9.69 Å². The van der Waals surface area contributed by atoms with E-state index in [1.807, 2.05) is 0 Å². The van der Waals surface area contributed by atoms with E-state index in [9.17, 15) is 14.4 Å². The van der Waals surface area contributed by atoms with Crippen LogP contribution in [-0.2, 0) is 14.4 Å². The lowest BCUT2D eigenvalue weighted by atomic mass is 9.81. The lowest BCUT2D eigenvalue weighted by Crippen LogP contribution is -2.64. The summed E-state index contributed by atoms with van der Waals surface area (Å²) in [5, 5.41) is 0. The van der Waals surface area contributed by atoms with Crippen LogP contribution in [0.2, 0.25) is 0 Å². The molecule has 2 amide bonds. The average Bonchev–Trinajstić information content (AvgIpc) is 2.34. The second-order valence-corrected chi connectivity index (χ2v) is 4.70. The maximum Gasteiger partial charge on any atom is 0.248 e. The normalized spacial score (nSPS) is 17.2. The Morgan fingerprint density at radius 1 is 1.22 bits per heavy atom. The van der Waals surface area contributed by atoms with Gasteiger partial charge in [-0.05, 0) is 38.5 Å². The van der Waals surface area contributed by atoms with Crippen LogP contribution in [0.15, 0.2) is 23.2 Å². The van der Waals surface area contributed by atoms with E-state index in [1.54, 1.807) is 39.0 Å². The summed E-state index contributed by atoms with van der Waals surface area (Å²) >= 11 is 0. The maximum absolute atomic E-state index is 11.9. The van der Waals surface area contributed by atoms with Crippen molar-refractivity contribution in [1.82, 2.24) is 0 Å². The summed E-state index contributed by atoms with van der Waals surface area (Å²) in [5.41, 5.74) is 0.530. The number of carbonyl (C=O) groups is 2. The Morgan fingerprint density at radius 3 is 2.39 bits per heavy atom. The van der Waals surface area contributed by atoms with Crippen molar-refractivity contribution in [2.45, 2.75) is 20.8 Å². The molecule has 1 aliphatic heterocycles. The Hall–Kier alpha value is -2.26. The molecule has 5 nitrogen and oxygen atoms in total. The minimum Gasteiger partial charge on any atom is -0.273 e. The summed E-state index contributed by atoms with van der Waals surface area (Å²) < 4.78 is 0. The quantitative estimate of drug-likeness (QED) is 0.345. The van der Waals surface area contributed by atoms with Gasteiger partial charge in [-0.3, -0.25) is 9.59 Å². The number of isocyanates is 1. The van der Waals surface area contributed by atoms with E-state index < -0.39 is 5.41 Å². The molecule has 0 saturated carbocycles. The van der Waals surface area contributed by atoms with Gasteiger partial charge in [0.2, 0.25) is 17.9 Å². The molecule has 1 aromatic rings. The number of amides is 2. The summed E-state index contributed by atoms with van der Waals surface area (Å²) in [6.45, 7) is 4.89. The van der Waals surface area contributed by atoms with Crippen molar-refractivity contribution in [2.24, 2.45) is 10.4 Å². The second kappa shape index (κ2) is 3.89. The minimum absolute atomic E-state index is 0.247.